The van der Waals surface area contributed by atoms with E-state index < -0.39 is 0 Å². The standard InChI is InChI=1S/C16H21BrN4OS2/c1-20(2)15(22)10-19-16(18-9-12-5-4-8-23-12)21(3)11-13-6-7-14(17)24-13/h4-8H,9-11H2,1-3H3,(H,18,19). The predicted octanol–water partition coefficient (Wildman–Crippen LogP) is 3.24. The van der Waals surface area contributed by atoms with Crippen LogP contribution in [-0.4, -0.2) is 49.4 Å². The molecular weight excluding hydrogens is 408 g/mol. The van der Waals surface area contributed by atoms with Crippen molar-refractivity contribution < 1.29 is 4.79 Å². The molecule has 0 spiro atoms. The number of aliphatic imine (C=N–C) groups is 1. The highest BCUT2D eigenvalue weighted by atomic mass is 79.9. The van der Waals surface area contributed by atoms with Gasteiger partial charge in [-0.3, -0.25) is 4.79 Å². The lowest BCUT2D eigenvalue weighted by atomic mass is 10.4. The minimum atomic E-state index is -0.0160. The largest absolute Gasteiger partial charge is 0.351 e. The fraction of sp³-hybridized carbons (Fsp3) is 0.375. The highest BCUT2D eigenvalue weighted by molar-refractivity contribution is 9.11. The Morgan fingerprint density at radius 2 is 2.04 bits per heavy atom. The molecule has 8 heteroatoms. The SMILES string of the molecule is CN(C)C(=O)CN=C(NCc1cccs1)N(C)Cc1ccc(Br)s1. The maximum atomic E-state index is 11.8. The van der Waals surface area contributed by atoms with E-state index in [-0.39, 0.29) is 12.5 Å². The normalized spacial score (nSPS) is 11.4. The van der Waals surface area contributed by atoms with Crippen LogP contribution in [0.1, 0.15) is 9.75 Å². The molecule has 0 unspecified atom stereocenters. The minimum absolute atomic E-state index is 0.0160. The van der Waals surface area contributed by atoms with E-state index in [0.29, 0.717) is 6.54 Å². The number of hydrogen-bond acceptors (Lipinski definition) is 4. The van der Waals surface area contributed by atoms with Gasteiger partial charge in [0.05, 0.1) is 16.9 Å². The zero-order valence-corrected chi connectivity index (χ0v) is 17.2. The summed E-state index contributed by atoms with van der Waals surface area (Å²) >= 11 is 6.88. The van der Waals surface area contributed by atoms with Gasteiger partial charge in [-0.1, -0.05) is 6.07 Å². The van der Waals surface area contributed by atoms with Crippen LogP contribution in [0.3, 0.4) is 0 Å². The van der Waals surface area contributed by atoms with Crippen LogP contribution in [0.25, 0.3) is 0 Å². The highest BCUT2D eigenvalue weighted by Crippen LogP contribution is 2.23. The number of hydrogen-bond donors (Lipinski definition) is 1. The van der Waals surface area contributed by atoms with Crippen LogP contribution in [0.2, 0.25) is 0 Å². The first-order valence-corrected chi connectivity index (χ1v) is 9.91. The molecule has 0 aliphatic carbocycles. The summed E-state index contributed by atoms with van der Waals surface area (Å²) < 4.78 is 1.11. The second-order valence-electron chi connectivity index (χ2n) is 5.42. The Kier molecular flexibility index (Phi) is 7.26. The zero-order valence-electron chi connectivity index (χ0n) is 14.0. The Bertz CT molecular complexity index is 682. The van der Waals surface area contributed by atoms with Crippen molar-refractivity contribution in [3.63, 3.8) is 0 Å². The summed E-state index contributed by atoms with van der Waals surface area (Å²) in [5, 5.41) is 5.40. The van der Waals surface area contributed by atoms with Gasteiger partial charge in [0.25, 0.3) is 0 Å². The van der Waals surface area contributed by atoms with Crippen molar-refractivity contribution in [1.29, 1.82) is 0 Å². The van der Waals surface area contributed by atoms with Crippen molar-refractivity contribution >= 4 is 50.5 Å². The van der Waals surface area contributed by atoms with Gasteiger partial charge in [0.2, 0.25) is 5.91 Å². The average Bonchev–Trinajstić information content (AvgIpc) is 3.18. The molecule has 130 valence electrons. The summed E-state index contributed by atoms with van der Waals surface area (Å²) in [4.78, 5) is 22.4. The minimum Gasteiger partial charge on any atom is -0.351 e. The molecule has 0 atom stereocenters. The lowest BCUT2D eigenvalue weighted by molar-refractivity contribution is -0.127. The smallest absolute Gasteiger partial charge is 0.243 e. The van der Waals surface area contributed by atoms with E-state index in [2.05, 4.69) is 43.8 Å². The van der Waals surface area contributed by atoms with Crippen molar-refractivity contribution in [1.82, 2.24) is 15.1 Å². The number of nitrogens with zero attached hydrogens (tertiary/aromatic N) is 3. The second-order valence-corrected chi connectivity index (χ2v) is 9.00. The van der Waals surface area contributed by atoms with Crippen LogP contribution in [0.5, 0.6) is 0 Å². The summed E-state index contributed by atoms with van der Waals surface area (Å²) in [6.45, 7) is 1.58. The van der Waals surface area contributed by atoms with E-state index in [1.807, 2.05) is 24.1 Å². The Morgan fingerprint density at radius 1 is 1.25 bits per heavy atom. The van der Waals surface area contributed by atoms with Crippen molar-refractivity contribution in [3.05, 3.63) is 43.2 Å². The first kappa shape index (κ1) is 19.0. The molecule has 2 aromatic heterocycles. The van der Waals surface area contributed by atoms with Crippen LogP contribution in [-0.2, 0) is 17.9 Å². The third-order valence-corrected chi connectivity index (χ3v) is 5.73. The van der Waals surface area contributed by atoms with Crippen molar-refractivity contribution in [2.75, 3.05) is 27.7 Å². The average molecular weight is 429 g/mol. The number of carbonyl (C=O) groups is 1. The maximum absolute atomic E-state index is 11.8. The topological polar surface area (TPSA) is 47.9 Å². The molecular formula is C16H21BrN4OS2. The lowest BCUT2D eigenvalue weighted by Gasteiger charge is -2.22. The Hall–Kier alpha value is -1.38. The Morgan fingerprint density at radius 3 is 2.62 bits per heavy atom. The van der Waals surface area contributed by atoms with Crippen LogP contribution in [0.15, 0.2) is 38.4 Å². The van der Waals surface area contributed by atoms with Gasteiger partial charge < -0.3 is 15.1 Å². The Labute approximate surface area is 159 Å². The summed E-state index contributed by atoms with van der Waals surface area (Å²) in [5.74, 6) is 0.709. The second kappa shape index (κ2) is 9.19. The molecule has 0 fully saturated rings. The fourth-order valence-electron chi connectivity index (χ4n) is 1.92. The molecule has 5 nitrogen and oxygen atoms in total. The van der Waals surface area contributed by atoms with Gasteiger partial charge >= 0.3 is 0 Å². The van der Waals surface area contributed by atoms with E-state index in [1.54, 1.807) is 41.7 Å². The number of carbonyl (C=O) groups excluding carboxylic acids is 1. The maximum Gasteiger partial charge on any atom is 0.243 e. The number of halogens is 1. The molecule has 2 aromatic rings. The molecule has 1 N–H and O–H groups in total. The third-order valence-electron chi connectivity index (χ3n) is 3.25. The molecule has 0 saturated carbocycles. The molecule has 0 saturated heterocycles. The van der Waals surface area contributed by atoms with E-state index in [1.165, 1.54) is 9.75 Å². The first-order chi connectivity index (χ1) is 11.5. The van der Waals surface area contributed by atoms with Crippen LogP contribution < -0.4 is 5.32 Å². The molecule has 0 aliphatic rings. The van der Waals surface area contributed by atoms with Gasteiger partial charge in [0.1, 0.15) is 6.54 Å². The summed E-state index contributed by atoms with van der Waals surface area (Å²) in [6, 6.07) is 8.24. The lowest BCUT2D eigenvalue weighted by Crippen LogP contribution is -2.39. The van der Waals surface area contributed by atoms with E-state index >= 15 is 0 Å². The third kappa shape index (κ3) is 5.92. The van der Waals surface area contributed by atoms with Gasteiger partial charge in [-0.25, -0.2) is 4.99 Å². The number of rotatable bonds is 6. The zero-order chi connectivity index (χ0) is 17.5. The molecule has 1 amide bonds. The molecule has 2 rings (SSSR count). The van der Waals surface area contributed by atoms with Gasteiger partial charge in [-0.15, -0.1) is 22.7 Å². The van der Waals surface area contributed by atoms with Crippen molar-refractivity contribution in [3.8, 4) is 0 Å². The van der Waals surface area contributed by atoms with E-state index in [9.17, 15) is 4.79 Å². The van der Waals surface area contributed by atoms with Gasteiger partial charge in [0.15, 0.2) is 5.96 Å². The van der Waals surface area contributed by atoms with Crippen LogP contribution in [0, 0.1) is 0 Å². The number of amides is 1. The summed E-state index contributed by atoms with van der Waals surface area (Å²) in [7, 11) is 5.46. The van der Waals surface area contributed by atoms with Gasteiger partial charge in [-0.2, -0.15) is 0 Å². The number of guanidine groups is 1. The number of thiophene rings is 2. The van der Waals surface area contributed by atoms with E-state index in [0.717, 1.165) is 16.3 Å². The predicted molar refractivity (Wildman–Crippen MR) is 106 cm³/mol. The highest BCUT2D eigenvalue weighted by Gasteiger charge is 2.11. The van der Waals surface area contributed by atoms with Crippen molar-refractivity contribution in [2.24, 2.45) is 4.99 Å². The van der Waals surface area contributed by atoms with Gasteiger partial charge in [-0.05, 0) is 39.5 Å². The molecule has 0 aromatic carbocycles. The number of nitrogens with one attached hydrogen (secondary N) is 1. The summed E-state index contributed by atoms with van der Waals surface area (Å²) in [5.41, 5.74) is 0. The van der Waals surface area contributed by atoms with Crippen LogP contribution >= 0.6 is 38.6 Å². The molecule has 0 aliphatic heterocycles. The quantitative estimate of drug-likeness (QED) is 0.567. The molecule has 24 heavy (non-hydrogen) atoms. The van der Waals surface area contributed by atoms with Crippen molar-refractivity contribution in [2.45, 2.75) is 13.1 Å². The van der Waals surface area contributed by atoms with E-state index in [4.69, 9.17) is 0 Å². The molecule has 0 radical (unpaired) electrons. The molecule has 2 heterocycles. The van der Waals surface area contributed by atoms with Gasteiger partial charge in [0, 0.05) is 30.9 Å². The van der Waals surface area contributed by atoms with Crippen LogP contribution in [0.4, 0.5) is 0 Å². The monoisotopic (exact) mass is 428 g/mol. The first-order valence-electron chi connectivity index (χ1n) is 7.42. The fourth-order valence-corrected chi connectivity index (χ4v) is 4.10. The molecule has 0 bridgehead atoms. The number of likely N-dealkylation sites (N-methyl/N-ethyl adjacent to an activating group) is 1. The summed E-state index contributed by atoms with van der Waals surface area (Å²) in [6.07, 6.45) is 0. The Balaban J connectivity index is 2.04.